The van der Waals surface area contributed by atoms with Crippen LogP contribution in [-0.2, 0) is 5.41 Å². The Morgan fingerprint density at radius 1 is 0.435 bits per heavy atom. The van der Waals surface area contributed by atoms with E-state index in [1.165, 1.54) is 33.4 Å². The SMILES string of the molecule is Clc1ccc(N(c2ccc3c(c2)C(c2ccccc2)(c2ccccc2)c2ccccc2-3)c2ccc3oc4ccccc4c3c2)cc1. The first-order valence-corrected chi connectivity index (χ1v) is 15.9. The number of hydrogen-bond donors (Lipinski definition) is 0. The molecule has 7 aromatic carbocycles. The van der Waals surface area contributed by atoms with Gasteiger partial charge in [-0.2, -0.15) is 0 Å². The smallest absolute Gasteiger partial charge is 0.135 e. The molecular formula is C43H28ClNO. The van der Waals surface area contributed by atoms with Gasteiger partial charge >= 0.3 is 0 Å². The highest BCUT2D eigenvalue weighted by Crippen LogP contribution is 2.57. The zero-order valence-electron chi connectivity index (χ0n) is 24.9. The zero-order chi connectivity index (χ0) is 30.7. The van der Waals surface area contributed by atoms with Gasteiger partial charge in [0.25, 0.3) is 0 Å². The summed E-state index contributed by atoms with van der Waals surface area (Å²) < 4.78 is 6.20. The van der Waals surface area contributed by atoms with Gasteiger partial charge in [0.1, 0.15) is 11.2 Å². The average molecular weight is 610 g/mol. The summed E-state index contributed by atoms with van der Waals surface area (Å²) in [4.78, 5) is 2.32. The van der Waals surface area contributed by atoms with Gasteiger partial charge in [-0.15, -0.1) is 0 Å². The number of hydrogen-bond acceptors (Lipinski definition) is 2. The Morgan fingerprint density at radius 2 is 1.00 bits per heavy atom. The van der Waals surface area contributed by atoms with Crippen molar-refractivity contribution < 1.29 is 4.42 Å². The first-order chi connectivity index (χ1) is 22.7. The highest BCUT2D eigenvalue weighted by Gasteiger charge is 2.46. The lowest BCUT2D eigenvalue weighted by atomic mass is 9.67. The second kappa shape index (κ2) is 10.5. The Labute approximate surface area is 272 Å². The van der Waals surface area contributed by atoms with Crippen molar-refractivity contribution in [3.8, 4) is 11.1 Å². The van der Waals surface area contributed by atoms with Crippen LogP contribution in [0, 0.1) is 0 Å². The topological polar surface area (TPSA) is 16.4 Å². The molecule has 0 amide bonds. The minimum absolute atomic E-state index is 0.485. The highest BCUT2D eigenvalue weighted by atomic mass is 35.5. The average Bonchev–Trinajstić information content (AvgIpc) is 3.63. The summed E-state index contributed by atoms with van der Waals surface area (Å²) in [5.41, 5.74) is 12.0. The number of rotatable bonds is 5. The van der Waals surface area contributed by atoms with E-state index >= 15 is 0 Å². The van der Waals surface area contributed by atoms with Crippen LogP contribution in [0.25, 0.3) is 33.1 Å². The summed E-state index contributed by atoms with van der Waals surface area (Å²) in [7, 11) is 0. The molecule has 1 heterocycles. The molecule has 0 saturated carbocycles. The number of furan rings is 1. The maximum atomic E-state index is 6.41. The van der Waals surface area contributed by atoms with E-state index in [0.717, 1.165) is 39.0 Å². The van der Waals surface area contributed by atoms with Gasteiger partial charge < -0.3 is 9.32 Å². The van der Waals surface area contributed by atoms with E-state index in [1.807, 2.05) is 24.3 Å². The third kappa shape index (κ3) is 3.97. The Kier molecular flexibility index (Phi) is 6.12. The van der Waals surface area contributed by atoms with E-state index in [4.69, 9.17) is 16.0 Å². The van der Waals surface area contributed by atoms with Crippen LogP contribution in [0.2, 0.25) is 5.02 Å². The summed E-state index contributed by atoms with van der Waals surface area (Å²) >= 11 is 6.41. The molecule has 0 saturated heterocycles. The van der Waals surface area contributed by atoms with Crippen LogP contribution in [0.3, 0.4) is 0 Å². The fraction of sp³-hybridized carbons (Fsp3) is 0.0233. The molecule has 218 valence electrons. The summed E-state index contributed by atoms with van der Waals surface area (Å²) in [5, 5.41) is 2.90. The molecule has 0 radical (unpaired) electrons. The van der Waals surface area contributed by atoms with Crippen LogP contribution < -0.4 is 4.90 Å². The molecule has 0 aliphatic heterocycles. The maximum absolute atomic E-state index is 6.41. The quantitative estimate of drug-likeness (QED) is 0.193. The molecule has 0 bridgehead atoms. The number of nitrogens with zero attached hydrogens (tertiary/aromatic N) is 1. The second-order valence-corrected chi connectivity index (χ2v) is 12.3. The van der Waals surface area contributed by atoms with E-state index in [0.29, 0.717) is 5.02 Å². The number of fused-ring (bicyclic) bond motifs is 6. The Balaban J connectivity index is 1.33. The van der Waals surface area contributed by atoms with Crippen LogP contribution in [0.5, 0.6) is 0 Å². The van der Waals surface area contributed by atoms with Crippen molar-refractivity contribution >= 4 is 50.6 Å². The summed E-state index contributed by atoms with van der Waals surface area (Å²) in [6, 6.07) is 60.4. The lowest BCUT2D eigenvalue weighted by molar-refractivity contribution is 0.669. The van der Waals surface area contributed by atoms with Gasteiger partial charge in [0, 0.05) is 32.9 Å². The second-order valence-electron chi connectivity index (χ2n) is 11.8. The zero-order valence-corrected chi connectivity index (χ0v) is 25.7. The molecule has 0 atom stereocenters. The van der Waals surface area contributed by atoms with Crippen LogP contribution >= 0.6 is 11.6 Å². The largest absolute Gasteiger partial charge is 0.456 e. The normalized spacial score (nSPS) is 13.1. The summed E-state index contributed by atoms with van der Waals surface area (Å²) in [5.74, 6) is 0. The molecule has 0 N–H and O–H groups in total. The predicted molar refractivity (Wildman–Crippen MR) is 191 cm³/mol. The van der Waals surface area contributed by atoms with E-state index in [2.05, 4.69) is 150 Å². The van der Waals surface area contributed by atoms with Crippen molar-refractivity contribution in [2.75, 3.05) is 4.90 Å². The minimum Gasteiger partial charge on any atom is -0.456 e. The fourth-order valence-corrected chi connectivity index (χ4v) is 7.59. The molecule has 3 heteroatoms. The standard InChI is InChI=1S/C43H28ClNO/c44-31-19-21-32(22-20-31)45(33-24-26-42-38(27-33)37-16-8-10-18-41(37)46-42)34-23-25-36-35-15-7-9-17-39(35)43(40(36)28-34,29-11-3-1-4-12-29)30-13-5-2-6-14-30/h1-28H. The molecule has 2 nitrogen and oxygen atoms in total. The fourth-order valence-electron chi connectivity index (χ4n) is 7.46. The van der Waals surface area contributed by atoms with Crippen molar-refractivity contribution in [1.82, 2.24) is 0 Å². The molecule has 1 aliphatic rings. The lowest BCUT2D eigenvalue weighted by Gasteiger charge is -2.35. The van der Waals surface area contributed by atoms with Gasteiger partial charge in [-0.3, -0.25) is 0 Å². The van der Waals surface area contributed by atoms with Crippen molar-refractivity contribution in [1.29, 1.82) is 0 Å². The van der Waals surface area contributed by atoms with Crippen LogP contribution in [0.4, 0.5) is 17.1 Å². The van der Waals surface area contributed by atoms with E-state index in [9.17, 15) is 0 Å². The van der Waals surface area contributed by atoms with E-state index < -0.39 is 5.41 Å². The van der Waals surface area contributed by atoms with Gasteiger partial charge in [0.2, 0.25) is 0 Å². The number of para-hydroxylation sites is 1. The molecule has 0 fully saturated rings. The first-order valence-electron chi connectivity index (χ1n) is 15.5. The van der Waals surface area contributed by atoms with E-state index in [1.54, 1.807) is 0 Å². The predicted octanol–water partition coefficient (Wildman–Crippen LogP) is 12.1. The molecule has 1 aromatic heterocycles. The molecule has 0 spiro atoms. The third-order valence-corrected chi connectivity index (χ3v) is 9.66. The first kappa shape index (κ1) is 26.8. The minimum atomic E-state index is -0.485. The van der Waals surface area contributed by atoms with Crippen LogP contribution in [-0.4, -0.2) is 0 Å². The molecule has 9 rings (SSSR count). The molecule has 1 aliphatic carbocycles. The van der Waals surface area contributed by atoms with Gasteiger partial charge in [0.05, 0.1) is 5.41 Å². The van der Waals surface area contributed by atoms with Crippen LogP contribution in [0.1, 0.15) is 22.3 Å². The van der Waals surface area contributed by atoms with Crippen molar-refractivity contribution in [2.24, 2.45) is 0 Å². The monoisotopic (exact) mass is 609 g/mol. The Bertz CT molecular complexity index is 2340. The van der Waals surface area contributed by atoms with Crippen molar-refractivity contribution in [3.63, 3.8) is 0 Å². The Morgan fingerprint density at radius 3 is 1.76 bits per heavy atom. The molecule has 46 heavy (non-hydrogen) atoms. The highest BCUT2D eigenvalue weighted by molar-refractivity contribution is 6.30. The van der Waals surface area contributed by atoms with E-state index in [-0.39, 0.29) is 0 Å². The Hall–Kier alpha value is -5.57. The van der Waals surface area contributed by atoms with Gasteiger partial charge in [-0.25, -0.2) is 0 Å². The molecule has 0 unspecified atom stereocenters. The number of benzene rings is 7. The number of halogens is 1. The maximum Gasteiger partial charge on any atom is 0.135 e. The van der Waals surface area contributed by atoms with Gasteiger partial charge in [-0.1, -0.05) is 121 Å². The number of anilines is 3. The van der Waals surface area contributed by atoms with Crippen molar-refractivity contribution in [3.05, 3.63) is 197 Å². The van der Waals surface area contributed by atoms with Crippen molar-refractivity contribution in [2.45, 2.75) is 5.41 Å². The van der Waals surface area contributed by atoms with Gasteiger partial charge in [-0.05, 0) is 94.0 Å². The lowest BCUT2D eigenvalue weighted by Crippen LogP contribution is -2.28. The van der Waals surface area contributed by atoms with Gasteiger partial charge in [0.15, 0.2) is 0 Å². The summed E-state index contributed by atoms with van der Waals surface area (Å²) in [6.45, 7) is 0. The van der Waals surface area contributed by atoms with Crippen LogP contribution in [0.15, 0.2) is 174 Å². The summed E-state index contributed by atoms with van der Waals surface area (Å²) in [6.07, 6.45) is 0. The molecular weight excluding hydrogens is 582 g/mol. The third-order valence-electron chi connectivity index (χ3n) is 9.40. The molecule has 8 aromatic rings.